The first-order valence-electron chi connectivity index (χ1n) is 13.9. The number of carbonyl (C=O) groups excluding carboxylic acids is 2. The number of thioether (sulfide) groups is 1. The number of benzene rings is 2. The first kappa shape index (κ1) is 28.2. The van der Waals surface area contributed by atoms with Gasteiger partial charge in [0, 0.05) is 24.1 Å². The van der Waals surface area contributed by atoms with Gasteiger partial charge in [-0.05, 0) is 67.0 Å². The monoisotopic (exact) mass is 602 g/mol. The Labute approximate surface area is 253 Å². The zero-order valence-corrected chi connectivity index (χ0v) is 24.6. The van der Waals surface area contributed by atoms with Gasteiger partial charge in [-0.1, -0.05) is 60.7 Å². The third-order valence-electron chi connectivity index (χ3n) is 8.37. The molecule has 3 aliphatic rings. The minimum absolute atomic E-state index is 0.0626. The zero-order valence-electron chi connectivity index (χ0n) is 22.9. The topological polar surface area (TPSA) is 109 Å². The number of hydrogen-bond acceptors (Lipinski definition) is 7. The quantitative estimate of drug-likeness (QED) is 0.235. The van der Waals surface area contributed by atoms with Gasteiger partial charge < -0.3 is 19.6 Å². The maximum Gasteiger partial charge on any atom is 0.326 e. The molecule has 1 aromatic heterocycles. The van der Waals surface area contributed by atoms with Gasteiger partial charge in [0.25, 0.3) is 11.8 Å². The number of methoxy groups -OCH3 is 1. The first-order valence-corrected chi connectivity index (χ1v) is 15.2. The zero-order chi connectivity index (χ0) is 29.4. The van der Waals surface area contributed by atoms with Crippen LogP contribution in [0, 0.1) is 11.8 Å². The summed E-state index contributed by atoms with van der Waals surface area (Å²) in [5, 5.41) is 12.4. The molecule has 6 rings (SSSR count). The van der Waals surface area contributed by atoms with Crippen LogP contribution >= 0.6 is 24.0 Å². The van der Waals surface area contributed by atoms with Gasteiger partial charge in [-0.2, -0.15) is 0 Å². The molecule has 10 heteroatoms. The van der Waals surface area contributed by atoms with E-state index in [1.807, 2.05) is 35.2 Å². The number of amides is 2. The normalized spacial score (nSPS) is 23.0. The van der Waals surface area contributed by atoms with Crippen molar-refractivity contribution in [3.63, 3.8) is 0 Å². The molecule has 2 saturated carbocycles. The van der Waals surface area contributed by atoms with Crippen LogP contribution in [0.15, 0.2) is 70.0 Å². The lowest BCUT2D eigenvalue weighted by molar-refractivity contribution is -0.139. The molecular weight excluding hydrogens is 572 g/mol. The third-order valence-corrected chi connectivity index (χ3v) is 9.70. The van der Waals surface area contributed by atoms with Gasteiger partial charge >= 0.3 is 5.97 Å². The number of rotatable bonds is 9. The minimum atomic E-state index is -1.14. The Morgan fingerprint density at radius 1 is 1.17 bits per heavy atom. The number of furan rings is 1. The summed E-state index contributed by atoms with van der Waals surface area (Å²) in [6.07, 6.45) is 6.49. The van der Waals surface area contributed by atoms with Gasteiger partial charge in [-0.3, -0.25) is 14.5 Å². The standard InChI is InChI=1S/C32H30N2O6S2/c1-39-27-11-9-21(16-23(27)29(35)33-24(31(37)38)14-18-5-3-2-4-6-18)26-12-10-22(40-26)17-28-30(36)34(32(41)42-28)25-15-19-7-8-20(25)13-19/h2-6,9-12,16-17,19-20,24-25H,7-8,13-15H2,1H3,(H,33,35)(H,37,38)/t19?,20?,24-,25?/m0/s1. The van der Waals surface area contributed by atoms with Gasteiger partial charge in [-0.15, -0.1) is 0 Å². The molecule has 2 aliphatic carbocycles. The largest absolute Gasteiger partial charge is 0.496 e. The van der Waals surface area contributed by atoms with E-state index in [0.29, 0.717) is 43.9 Å². The Bertz CT molecular complexity index is 1580. The van der Waals surface area contributed by atoms with E-state index in [0.717, 1.165) is 12.0 Å². The predicted molar refractivity (Wildman–Crippen MR) is 164 cm³/mol. The maximum atomic E-state index is 13.3. The van der Waals surface area contributed by atoms with Crippen LogP contribution in [0.4, 0.5) is 0 Å². The second kappa shape index (κ2) is 11.8. The number of thiocarbonyl (C=S) groups is 1. The van der Waals surface area contributed by atoms with Gasteiger partial charge in [0.15, 0.2) is 0 Å². The number of carboxylic acids is 1. The SMILES string of the molecule is COc1ccc(-c2ccc(C=C3SC(=S)N(C4CC5CCC4C5)C3=O)o2)cc1C(=O)N[C@@H](Cc1ccccc1)C(=O)O. The molecule has 3 aromatic rings. The van der Waals surface area contributed by atoms with Crippen molar-refractivity contribution in [3.05, 3.63) is 82.5 Å². The summed E-state index contributed by atoms with van der Waals surface area (Å²) in [6, 6.07) is 16.7. The summed E-state index contributed by atoms with van der Waals surface area (Å²) in [5.41, 5.74) is 1.57. The number of nitrogens with zero attached hydrogens (tertiary/aromatic N) is 1. The second-order valence-corrected chi connectivity index (χ2v) is 12.6. The van der Waals surface area contributed by atoms with Crippen molar-refractivity contribution >= 4 is 52.2 Å². The highest BCUT2D eigenvalue weighted by molar-refractivity contribution is 8.26. The fourth-order valence-electron chi connectivity index (χ4n) is 6.33. The average Bonchev–Trinajstić information content (AvgIpc) is 3.78. The highest BCUT2D eigenvalue weighted by Gasteiger charge is 2.48. The highest BCUT2D eigenvalue weighted by Crippen LogP contribution is 2.49. The Balaban J connectivity index is 1.19. The molecule has 0 radical (unpaired) electrons. The summed E-state index contributed by atoms with van der Waals surface area (Å²) in [4.78, 5) is 40.8. The predicted octanol–water partition coefficient (Wildman–Crippen LogP) is 5.77. The highest BCUT2D eigenvalue weighted by atomic mass is 32.2. The molecular formula is C32H30N2O6S2. The summed E-state index contributed by atoms with van der Waals surface area (Å²) >= 11 is 6.91. The van der Waals surface area contributed by atoms with Crippen molar-refractivity contribution in [3.8, 4) is 17.1 Å². The van der Waals surface area contributed by atoms with Gasteiger partial charge in [0.05, 0.1) is 17.6 Å². The van der Waals surface area contributed by atoms with Crippen LogP contribution in [0.1, 0.15) is 47.4 Å². The van der Waals surface area contributed by atoms with Crippen LogP contribution in [-0.2, 0) is 16.0 Å². The lowest BCUT2D eigenvalue weighted by Crippen LogP contribution is -2.42. The number of carbonyl (C=O) groups is 3. The molecule has 4 atom stereocenters. The van der Waals surface area contributed by atoms with Crippen LogP contribution in [0.3, 0.4) is 0 Å². The smallest absolute Gasteiger partial charge is 0.326 e. The van der Waals surface area contributed by atoms with E-state index in [9.17, 15) is 19.5 Å². The molecule has 42 heavy (non-hydrogen) atoms. The number of fused-ring (bicyclic) bond motifs is 2. The van der Waals surface area contributed by atoms with Crippen LogP contribution in [-0.4, -0.2) is 51.3 Å². The summed E-state index contributed by atoms with van der Waals surface area (Å²) in [7, 11) is 1.45. The molecule has 2 heterocycles. The van der Waals surface area contributed by atoms with Crippen molar-refractivity contribution in [2.75, 3.05) is 7.11 Å². The molecule has 2 amide bonds. The van der Waals surface area contributed by atoms with Crippen LogP contribution in [0.2, 0.25) is 0 Å². The summed E-state index contributed by atoms with van der Waals surface area (Å²) in [6.45, 7) is 0. The Hall–Kier alpha value is -3.89. The third kappa shape index (κ3) is 5.61. The van der Waals surface area contributed by atoms with E-state index < -0.39 is 17.9 Å². The molecule has 3 unspecified atom stereocenters. The lowest BCUT2D eigenvalue weighted by Gasteiger charge is -2.30. The molecule has 216 valence electrons. The summed E-state index contributed by atoms with van der Waals surface area (Å²) < 4.78 is 12.1. The molecule has 1 saturated heterocycles. The summed E-state index contributed by atoms with van der Waals surface area (Å²) in [5.74, 6) is 0.754. The van der Waals surface area contributed by atoms with Crippen LogP contribution in [0.25, 0.3) is 17.4 Å². The van der Waals surface area contributed by atoms with Gasteiger partial charge in [0.1, 0.15) is 27.6 Å². The Kier molecular flexibility index (Phi) is 7.92. The van der Waals surface area contributed by atoms with Crippen LogP contribution in [0.5, 0.6) is 5.75 Å². The molecule has 2 N–H and O–H groups in total. The fraction of sp³-hybridized carbons (Fsp3) is 0.312. The number of carboxylic acid groups (broad SMARTS) is 1. The van der Waals surface area contributed by atoms with Gasteiger partial charge in [0.2, 0.25) is 0 Å². The molecule has 2 aromatic carbocycles. The van der Waals surface area contributed by atoms with Crippen molar-refractivity contribution in [2.45, 2.75) is 44.2 Å². The van der Waals surface area contributed by atoms with E-state index in [4.69, 9.17) is 21.4 Å². The number of aliphatic carboxylic acids is 1. The van der Waals surface area contributed by atoms with Crippen molar-refractivity contribution in [1.29, 1.82) is 0 Å². The Morgan fingerprint density at radius 2 is 1.98 bits per heavy atom. The van der Waals surface area contributed by atoms with E-state index in [1.165, 1.54) is 38.1 Å². The molecule has 3 fully saturated rings. The molecule has 8 nitrogen and oxygen atoms in total. The van der Waals surface area contributed by atoms with E-state index >= 15 is 0 Å². The van der Waals surface area contributed by atoms with Gasteiger partial charge in [-0.25, -0.2) is 4.79 Å². The van der Waals surface area contributed by atoms with Crippen molar-refractivity contribution in [2.24, 2.45) is 11.8 Å². The first-order chi connectivity index (χ1) is 20.3. The lowest BCUT2D eigenvalue weighted by atomic mass is 9.94. The molecule has 2 bridgehead atoms. The Morgan fingerprint density at radius 3 is 2.67 bits per heavy atom. The minimum Gasteiger partial charge on any atom is -0.496 e. The maximum absolute atomic E-state index is 13.3. The van der Waals surface area contributed by atoms with Crippen molar-refractivity contribution < 1.29 is 28.6 Å². The van der Waals surface area contributed by atoms with Crippen LogP contribution < -0.4 is 10.1 Å². The number of ether oxygens (including phenoxy) is 1. The van der Waals surface area contributed by atoms with Crippen molar-refractivity contribution in [1.82, 2.24) is 10.2 Å². The van der Waals surface area contributed by atoms with E-state index in [1.54, 1.807) is 36.4 Å². The fourth-order valence-corrected chi connectivity index (χ4v) is 7.69. The molecule has 0 spiro atoms. The van der Waals surface area contributed by atoms with E-state index in [2.05, 4.69) is 5.32 Å². The molecule has 1 aliphatic heterocycles. The number of nitrogens with one attached hydrogen (secondary N) is 1. The number of hydrogen-bond donors (Lipinski definition) is 2. The average molecular weight is 603 g/mol. The van der Waals surface area contributed by atoms with E-state index in [-0.39, 0.29) is 23.9 Å². The second-order valence-electron chi connectivity index (χ2n) is 11.0.